The molecule has 0 rings (SSSR count). The Morgan fingerprint density at radius 3 is 1.50 bits per heavy atom. The van der Waals surface area contributed by atoms with E-state index in [1.165, 1.54) is 0 Å². The highest BCUT2D eigenvalue weighted by Gasteiger charge is 2.28. The number of rotatable bonds is 4. The van der Waals surface area contributed by atoms with Crippen LogP contribution in [0.2, 0.25) is 0 Å². The summed E-state index contributed by atoms with van der Waals surface area (Å²) in [6, 6.07) is 0. The number of hydrogen-bond donors (Lipinski definition) is 2. The van der Waals surface area contributed by atoms with Crippen LogP contribution in [0.5, 0.6) is 0 Å². The zero-order valence-corrected chi connectivity index (χ0v) is 5.17. The van der Waals surface area contributed by atoms with E-state index in [9.17, 15) is 13.2 Å². The van der Waals surface area contributed by atoms with Crippen LogP contribution in [0.25, 0.3) is 0 Å². The van der Waals surface area contributed by atoms with Crippen LogP contribution in [0.1, 0.15) is 0 Å². The third-order valence-electron chi connectivity index (χ3n) is 1.16. The molecule has 0 spiro atoms. The molecule has 0 bridgehead atoms. The zero-order chi connectivity index (χ0) is 8.15. The van der Waals surface area contributed by atoms with Crippen LogP contribution in [0.15, 0.2) is 0 Å². The molecule has 0 heterocycles. The normalized spacial score (nSPS) is 14.7. The van der Waals surface area contributed by atoms with Crippen LogP contribution in [-0.4, -0.2) is 36.0 Å². The minimum absolute atomic E-state index is 0.762. The van der Waals surface area contributed by atoms with Crippen LogP contribution >= 0.6 is 0 Å². The maximum atomic E-state index is 12.1. The summed E-state index contributed by atoms with van der Waals surface area (Å²) in [4.78, 5) is 0. The van der Waals surface area contributed by atoms with E-state index in [4.69, 9.17) is 10.2 Å². The summed E-state index contributed by atoms with van der Waals surface area (Å²) in [6.45, 7) is -1.52. The highest BCUT2D eigenvalue weighted by molar-refractivity contribution is 4.69. The number of aliphatic hydroxyl groups excluding tert-OH is 2. The fourth-order valence-electron chi connectivity index (χ4n) is 0.465. The molecular weight excluding hydrogens is 149 g/mol. The first-order chi connectivity index (χ1) is 4.63. The molecule has 0 aliphatic heterocycles. The van der Waals surface area contributed by atoms with Crippen molar-refractivity contribution in [2.45, 2.75) is 12.6 Å². The molecule has 1 atom stereocenters. The summed E-state index contributed by atoms with van der Waals surface area (Å²) in [5.74, 6) is -1.36. The first-order valence-electron chi connectivity index (χ1n) is 2.77. The fraction of sp³-hybridized carbons (Fsp3) is 1.00. The quantitative estimate of drug-likeness (QED) is 0.613. The second kappa shape index (κ2) is 4.51. The van der Waals surface area contributed by atoms with Crippen molar-refractivity contribution in [2.24, 2.45) is 5.92 Å². The Kier molecular flexibility index (Phi) is 4.38. The molecule has 10 heavy (non-hydrogen) atoms. The first-order valence-corrected chi connectivity index (χ1v) is 2.77. The van der Waals surface area contributed by atoms with Gasteiger partial charge in [-0.1, -0.05) is 0 Å². The largest absolute Gasteiger partial charge is 0.396 e. The van der Waals surface area contributed by atoms with Gasteiger partial charge in [-0.3, -0.25) is 0 Å². The van der Waals surface area contributed by atoms with Crippen molar-refractivity contribution in [3.63, 3.8) is 0 Å². The van der Waals surface area contributed by atoms with E-state index in [2.05, 4.69) is 0 Å². The molecule has 0 aromatic heterocycles. The van der Waals surface area contributed by atoms with Gasteiger partial charge >= 0.3 is 0 Å². The monoisotopic (exact) mass is 158 g/mol. The van der Waals surface area contributed by atoms with Gasteiger partial charge in [-0.25, -0.2) is 13.2 Å². The van der Waals surface area contributed by atoms with E-state index >= 15 is 0 Å². The summed E-state index contributed by atoms with van der Waals surface area (Å²) in [6.07, 6.45) is -5.57. The Balaban J connectivity index is 3.76. The van der Waals surface area contributed by atoms with Gasteiger partial charge in [0.1, 0.15) is 0 Å². The lowest BCUT2D eigenvalue weighted by Gasteiger charge is -2.14. The van der Waals surface area contributed by atoms with E-state index in [1.807, 2.05) is 0 Å². The molecule has 0 aromatic carbocycles. The second-order valence-corrected chi connectivity index (χ2v) is 1.90. The topological polar surface area (TPSA) is 40.5 Å². The van der Waals surface area contributed by atoms with Crippen LogP contribution < -0.4 is 0 Å². The fourth-order valence-corrected chi connectivity index (χ4v) is 0.465. The summed E-state index contributed by atoms with van der Waals surface area (Å²) < 4.78 is 35.0. The molecule has 0 aliphatic rings. The van der Waals surface area contributed by atoms with Crippen molar-refractivity contribution < 1.29 is 23.4 Å². The van der Waals surface area contributed by atoms with E-state index in [0.29, 0.717) is 0 Å². The molecular formula is C5H9F3O2. The number of alkyl halides is 3. The average Bonchev–Trinajstić information content (AvgIpc) is 1.90. The molecule has 1 unspecified atom stereocenters. The van der Waals surface area contributed by atoms with Gasteiger partial charge in [-0.2, -0.15) is 0 Å². The number of halogens is 3. The van der Waals surface area contributed by atoms with Crippen molar-refractivity contribution in [2.75, 3.05) is 13.2 Å². The third kappa shape index (κ3) is 2.53. The van der Waals surface area contributed by atoms with Gasteiger partial charge in [0.2, 0.25) is 0 Å². The molecule has 2 nitrogen and oxygen atoms in total. The summed E-state index contributed by atoms with van der Waals surface area (Å²) >= 11 is 0. The van der Waals surface area contributed by atoms with E-state index in [-0.39, 0.29) is 0 Å². The van der Waals surface area contributed by atoms with Crippen molar-refractivity contribution in [3.8, 4) is 0 Å². The van der Waals surface area contributed by atoms with E-state index in [1.54, 1.807) is 0 Å². The van der Waals surface area contributed by atoms with Crippen LogP contribution in [-0.2, 0) is 0 Å². The van der Waals surface area contributed by atoms with Crippen molar-refractivity contribution >= 4 is 0 Å². The van der Waals surface area contributed by atoms with Gasteiger partial charge in [0.25, 0.3) is 6.43 Å². The Bertz CT molecular complexity index is 85.0. The smallest absolute Gasteiger partial charge is 0.269 e. The molecule has 2 N–H and O–H groups in total. The van der Waals surface area contributed by atoms with Gasteiger partial charge in [-0.05, 0) is 0 Å². The Hall–Kier alpha value is -0.290. The van der Waals surface area contributed by atoms with Crippen molar-refractivity contribution in [1.29, 1.82) is 0 Å². The van der Waals surface area contributed by atoms with Gasteiger partial charge in [0.05, 0.1) is 13.2 Å². The standard InChI is InChI=1S/C5H9F3O2/c6-4(5(7)8)3(1-9)2-10/h3-5,9-10H,1-2H2. The van der Waals surface area contributed by atoms with Gasteiger partial charge in [0, 0.05) is 5.92 Å². The SMILES string of the molecule is OCC(CO)C(F)C(F)F. The Morgan fingerprint density at radius 1 is 1.00 bits per heavy atom. The molecule has 0 amide bonds. The number of aliphatic hydroxyl groups is 2. The molecule has 5 heteroatoms. The maximum absolute atomic E-state index is 12.1. The molecule has 0 fully saturated rings. The first kappa shape index (κ1) is 9.71. The molecule has 0 aromatic rings. The predicted octanol–water partition coefficient (Wildman–Crippen LogP) is 0.190. The van der Waals surface area contributed by atoms with E-state index < -0.39 is 31.7 Å². The Morgan fingerprint density at radius 2 is 1.40 bits per heavy atom. The Labute approximate surface area is 56.3 Å². The third-order valence-corrected chi connectivity index (χ3v) is 1.16. The van der Waals surface area contributed by atoms with Gasteiger partial charge in [-0.15, -0.1) is 0 Å². The van der Waals surface area contributed by atoms with Crippen LogP contribution in [0.4, 0.5) is 13.2 Å². The minimum atomic E-state index is -3.13. The van der Waals surface area contributed by atoms with E-state index in [0.717, 1.165) is 0 Å². The lowest BCUT2D eigenvalue weighted by Crippen LogP contribution is -2.29. The van der Waals surface area contributed by atoms with Crippen molar-refractivity contribution in [3.05, 3.63) is 0 Å². The van der Waals surface area contributed by atoms with Gasteiger partial charge in [0.15, 0.2) is 6.17 Å². The summed E-state index contributed by atoms with van der Waals surface area (Å²) in [5.41, 5.74) is 0. The highest BCUT2D eigenvalue weighted by Crippen LogP contribution is 2.14. The zero-order valence-electron chi connectivity index (χ0n) is 5.17. The van der Waals surface area contributed by atoms with Crippen molar-refractivity contribution in [1.82, 2.24) is 0 Å². The predicted molar refractivity (Wildman–Crippen MR) is 28.6 cm³/mol. The summed E-state index contributed by atoms with van der Waals surface area (Å²) in [5, 5.41) is 16.4. The molecule has 0 saturated heterocycles. The highest BCUT2D eigenvalue weighted by atomic mass is 19.3. The molecule has 0 saturated carbocycles. The minimum Gasteiger partial charge on any atom is -0.396 e. The lowest BCUT2D eigenvalue weighted by molar-refractivity contribution is -0.0185. The van der Waals surface area contributed by atoms with Crippen LogP contribution in [0.3, 0.4) is 0 Å². The second-order valence-electron chi connectivity index (χ2n) is 1.90. The lowest BCUT2D eigenvalue weighted by atomic mass is 10.1. The molecule has 62 valence electrons. The molecule has 0 aliphatic carbocycles. The van der Waals surface area contributed by atoms with Crippen LogP contribution in [0, 0.1) is 5.92 Å². The summed E-state index contributed by atoms with van der Waals surface area (Å²) in [7, 11) is 0. The van der Waals surface area contributed by atoms with Gasteiger partial charge < -0.3 is 10.2 Å². The average molecular weight is 158 g/mol. The maximum Gasteiger partial charge on any atom is 0.269 e. The number of hydrogen-bond acceptors (Lipinski definition) is 2. The molecule has 0 radical (unpaired) electrons.